The fraction of sp³-hybridized carbons (Fsp3) is 0.304. The summed E-state index contributed by atoms with van der Waals surface area (Å²) in [7, 11) is 1.82. The molecule has 3 aromatic rings. The Kier molecular flexibility index (Phi) is 6.50. The number of hydrogen-bond donors (Lipinski definition) is 2. The van der Waals surface area contributed by atoms with E-state index in [9.17, 15) is 4.79 Å². The van der Waals surface area contributed by atoms with Crippen molar-refractivity contribution in [1.29, 1.82) is 0 Å². The lowest BCUT2D eigenvalue weighted by Crippen LogP contribution is -2.48. The number of H-pyrrole nitrogens is 1. The highest BCUT2D eigenvalue weighted by Gasteiger charge is 2.31. The maximum atomic E-state index is 13.1. The highest BCUT2D eigenvalue weighted by Crippen LogP contribution is 2.32. The van der Waals surface area contributed by atoms with Gasteiger partial charge in [0.25, 0.3) is 0 Å². The van der Waals surface area contributed by atoms with Gasteiger partial charge in [0.05, 0.1) is 31.2 Å². The van der Waals surface area contributed by atoms with Crippen LogP contribution < -0.4 is 10.2 Å². The molecule has 0 bridgehead atoms. The lowest BCUT2D eigenvalue weighted by Gasteiger charge is -2.33. The zero-order chi connectivity index (χ0) is 20.9. The molecule has 1 aliphatic rings. The SMILES string of the molecule is CNCC(=O)N1Cc2cc(Br)ccc2N(Cc2cnc[nH]2)CC1Cc1ccccc1. The van der Waals surface area contributed by atoms with E-state index in [1.54, 1.807) is 6.33 Å². The lowest BCUT2D eigenvalue weighted by molar-refractivity contribution is -0.132. The number of hydrogen-bond acceptors (Lipinski definition) is 4. The maximum absolute atomic E-state index is 13.1. The van der Waals surface area contributed by atoms with Crippen molar-refractivity contribution < 1.29 is 4.79 Å². The number of amides is 1. The van der Waals surface area contributed by atoms with E-state index in [2.05, 4.69) is 78.6 Å². The highest BCUT2D eigenvalue weighted by molar-refractivity contribution is 9.10. The number of nitrogens with zero attached hydrogens (tertiary/aromatic N) is 3. The predicted octanol–water partition coefficient (Wildman–Crippen LogP) is 3.35. The summed E-state index contributed by atoms with van der Waals surface area (Å²) in [6.45, 7) is 2.38. The summed E-state index contributed by atoms with van der Waals surface area (Å²) < 4.78 is 1.02. The summed E-state index contributed by atoms with van der Waals surface area (Å²) in [6, 6.07) is 16.8. The summed E-state index contributed by atoms with van der Waals surface area (Å²) in [5, 5.41) is 3.03. The van der Waals surface area contributed by atoms with Crippen molar-refractivity contribution in [2.45, 2.75) is 25.6 Å². The van der Waals surface area contributed by atoms with Crippen molar-refractivity contribution >= 4 is 27.5 Å². The van der Waals surface area contributed by atoms with Crippen LogP contribution in [0.15, 0.2) is 65.5 Å². The molecule has 1 aliphatic heterocycles. The van der Waals surface area contributed by atoms with Gasteiger partial charge < -0.3 is 20.1 Å². The van der Waals surface area contributed by atoms with E-state index in [1.807, 2.05) is 24.2 Å². The third-order valence-corrected chi connectivity index (χ3v) is 5.97. The van der Waals surface area contributed by atoms with Crippen LogP contribution in [0.5, 0.6) is 0 Å². The van der Waals surface area contributed by atoms with E-state index in [-0.39, 0.29) is 11.9 Å². The molecular formula is C23H26BrN5O. The Balaban J connectivity index is 1.72. The molecule has 0 fully saturated rings. The largest absolute Gasteiger partial charge is 0.363 e. The number of nitrogens with one attached hydrogen (secondary N) is 2. The Hall–Kier alpha value is -2.64. The first-order valence-corrected chi connectivity index (χ1v) is 10.9. The molecule has 0 radical (unpaired) electrons. The number of fused-ring (bicyclic) bond motifs is 1. The minimum Gasteiger partial charge on any atom is -0.363 e. The Morgan fingerprint density at radius 3 is 2.83 bits per heavy atom. The molecule has 30 heavy (non-hydrogen) atoms. The normalized spacial score (nSPS) is 16.3. The number of rotatable bonds is 6. The van der Waals surface area contributed by atoms with Gasteiger partial charge in [-0.1, -0.05) is 46.3 Å². The number of imidazole rings is 1. The summed E-state index contributed by atoms with van der Waals surface area (Å²) in [6.07, 6.45) is 4.38. The third kappa shape index (κ3) is 4.74. The van der Waals surface area contributed by atoms with Gasteiger partial charge in [0, 0.05) is 29.4 Å². The van der Waals surface area contributed by atoms with Crippen molar-refractivity contribution in [3.8, 4) is 0 Å². The first kappa shape index (κ1) is 20.6. The number of anilines is 1. The van der Waals surface area contributed by atoms with Crippen LogP contribution in [0.1, 0.15) is 16.8 Å². The average Bonchev–Trinajstić information content (AvgIpc) is 3.20. The van der Waals surface area contributed by atoms with Crippen LogP contribution in [0.25, 0.3) is 0 Å². The number of aromatic nitrogens is 2. The van der Waals surface area contributed by atoms with Gasteiger partial charge in [0.15, 0.2) is 0 Å². The summed E-state index contributed by atoms with van der Waals surface area (Å²) in [4.78, 5) is 24.9. The van der Waals surface area contributed by atoms with E-state index in [0.29, 0.717) is 19.6 Å². The quantitative estimate of drug-likeness (QED) is 0.583. The Morgan fingerprint density at radius 2 is 2.10 bits per heavy atom. The molecule has 1 aromatic heterocycles. The third-order valence-electron chi connectivity index (χ3n) is 5.47. The van der Waals surface area contributed by atoms with Gasteiger partial charge in [0.1, 0.15) is 0 Å². The van der Waals surface area contributed by atoms with E-state index in [4.69, 9.17) is 0 Å². The zero-order valence-electron chi connectivity index (χ0n) is 17.0. The average molecular weight is 468 g/mol. The topological polar surface area (TPSA) is 64.3 Å². The lowest BCUT2D eigenvalue weighted by atomic mass is 10.0. The smallest absolute Gasteiger partial charge is 0.237 e. The van der Waals surface area contributed by atoms with Crippen molar-refractivity contribution in [3.05, 3.63) is 82.3 Å². The monoisotopic (exact) mass is 467 g/mol. The molecule has 7 heteroatoms. The number of carbonyl (C=O) groups excluding carboxylic acids is 1. The van der Waals surface area contributed by atoms with Crippen LogP contribution in [0.2, 0.25) is 0 Å². The van der Waals surface area contributed by atoms with E-state index < -0.39 is 0 Å². The van der Waals surface area contributed by atoms with Gasteiger partial charge in [-0.3, -0.25) is 4.79 Å². The standard InChI is InChI=1S/C23H26BrN5O/c1-25-12-23(30)29-13-18-10-19(24)7-8-22(18)28(14-20-11-26-16-27-20)15-21(29)9-17-5-3-2-4-6-17/h2-8,10-11,16,21,25H,9,12-15H2,1H3,(H,26,27). The van der Waals surface area contributed by atoms with E-state index in [0.717, 1.165) is 34.4 Å². The van der Waals surface area contributed by atoms with E-state index in [1.165, 1.54) is 5.56 Å². The maximum Gasteiger partial charge on any atom is 0.237 e. The van der Waals surface area contributed by atoms with Crippen LogP contribution in [0.4, 0.5) is 5.69 Å². The predicted molar refractivity (Wildman–Crippen MR) is 122 cm³/mol. The number of benzene rings is 2. The fourth-order valence-electron chi connectivity index (χ4n) is 4.09. The van der Waals surface area contributed by atoms with Crippen molar-refractivity contribution in [3.63, 3.8) is 0 Å². The molecule has 156 valence electrons. The molecule has 6 nitrogen and oxygen atoms in total. The molecule has 2 aromatic carbocycles. The molecule has 1 amide bonds. The molecular weight excluding hydrogens is 442 g/mol. The molecule has 4 rings (SSSR count). The second kappa shape index (κ2) is 9.45. The minimum absolute atomic E-state index is 0.0577. The molecule has 0 saturated heterocycles. The molecule has 0 aliphatic carbocycles. The van der Waals surface area contributed by atoms with Crippen LogP contribution in [-0.2, 0) is 24.3 Å². The summed E-state index contributed by atoms with van der Waals surface area (Å²) in [5.74, 6) is 0.118. The Bertz CT molecular complexity index is 977. The summed E-state index contributed by atoms with van der Waals surface area (Å²) >= 11 is 3.60. The number of halogens is 1. The van der Waals surface area contributed by atoms with E-state index >= 15 is 0 Å². The molecule has 1 unspecified atom stereocenters. The van der Waals surface area contributed by atoms with Gasteiger partial charge in [0.2, 0.25) is 5.91 Å². The summed E-state index contributed by atoms with van der Waals surface area (Å²) in [5.41, 5.74) is 4.59. The van der Waals surface area contributed by atoms with Crippen LogP contribution >= 0.6 is 15.9 Å². The fourth-order valence-corrected chi connectivity index (χ4v) is 4.49. The van der Waals surface area contributed by atoms with Gasteiger partial charge in [-0.2, -0.15) is 0 Å². The highest BCUT2D eigenvalue weighted by atomic mass is 79.9. The zero-order valence-corrected chi connectivity index (χ0v) is 18.6. The first-order valence-electron chi connectivity index (χ1n) is 10.1. The second-order valence-corrected chi connectivity index (χ2v) is 8.54. The van der Waals surface area contributed by atoms with Gasteiger partial charge in [-0.05, 0) is 42.8 Å². The molecule has 1 atom stereocenters. The van der Waals surface area contributed by atoms with Crippen molar-refractivity contribution in [2.75, 3.05) is 25.0 Å². The minimum atomic E-state index is 0.0577. The van der Waals surface area contributed by atoms with Gasteiger partial charge >= 0.3 is 0 Å². The van der Waals surface area contributed by atoms with Gasteiger partial charge in [-0.15, -0.1) is 0 Å². The van der Waals surface area contributed by atoms with Crippen LogP contribution in [0.3, 0.4) is 0 Å². The molecule has 2 heterocycles. The number of aromatic amines is 1. The van der Waals surface area contributed by atoms with Crippen molar-refractivity contribution in [1.82, 2.24) is 20.2 Å². The number of likely N-dealkylation sites (N-methyl/N-ethyl adjacent to an activating group) is 1. The number of carbonyl (C=O) groups is 1. The van der Waals surface area contributed by atoms with Crippen LogP contribution in [-0.4, -0.2) is 47.0 Å². The second-order valence-electron chi connectivity index (χ2n) is 7.63. The first-order chi connectivity index (χ1) is 14.6. The van der Waals surface area contributed by atoms with Gasteiger partial charge in [-0.25, -0.2) is 4.98 Å². The molecule has 0 spiro atoms. The Labute approximate surface area is 185 Å². The van der Waals surface area contributed by atoms with Crippen LogP contribution in [0, 0.1) is 0 Å². The van der Waals surface area contributed by atoms with Crippen molar-refractivity contribution in [2.24, 2.45) is 0 Å². The Morgan fingerprint density at radius 1 is 1.27 bits per heavy atom. The molecule has 2 N–H and O–H groups in total. The molecule has 0 saturated carbocycles.